The second-order valence-corrected chi connectivity index (χ2v) is 2.47. The molecule has 0 saturated carbocycles. The number of carbonyl (C=O) groups is 1. The Labute approximate surface area is 74.9 Å². The van der Waals surface area contributed by atoms with Crippen LogP contribution in [0.25, 0.3) is 0 Å². The van der Waals surface area contributed by atoms with Gasteiger partial charge in [0.05, 0.1) is 13.0 Å². The molecule has 13 heavy (non-hydrogen) atoms. The summed E-state index contributed by atoms with van der Waals surface area (Å²) < 4.78 is 0. The molecule has 8 nitrogen and oxygen atoms in total. The van der Waals surface area contributed by atoms with Gasteiger partial charge in [-0.2, -0.15) is 5.90 Å². The van der Waals surface area contributed by atoms with Crippen LogP contribution in [0.3, 0.4) is 0 Å². The molecular formula is C5H14N4O4. The molecule has 0 aromatic heterocycles. The highest BCUT2D eigenvalue weighted by molar-refractivity contribution is 5.70. The summed E-state index contributed by atoms with van der Waals surface area (Å²) in [5, 5.41) is 0. The van der Waals surface area contributed by atoms with E-state index < -0.39 is 11.7 Å². The van der Waals surface area contributed by atoms with Crippen LogP contribution in [0.5, 0.6) is 0 Å². The summed E-state index contributed by atoms with van der Waals surface area (Å²) in [5.41, 5.74) is 4.16. The van der Waals surface area contributed by atoms with E-state index in [4.69, 9.17) is 17.5 Å². The summed E-state index contributed by atoms with van der Waals surface area (Å²) in [7, 11) is 0. The Morgan fingerprint density at radius 3 is 2.31 bits per heavy atom. The van der Waals surface area contributed by atoms with E-state index in [0.717, 1.165) is 0 Å². The quantitative estimate of drug-likeness (QED) is 0.270. The van der Waals surface area contributed by atoms with Crippen molar-refractivity contribution in [3.63, 3.8) is 0 Å². The summed E-state index contributed by atoms with van der Waals surface area (Å²) in [4.78, 5) is 23.3. The minimum absolute atomic E-state index is 0.103. The van der Waals surface area contributed by atoms with Gasteiger partial charge in [0.2, 0.25) is 0 Å². The molecule has 0 saturated heterocycles. The van der Waals surface area contributed by atoms with Gasteiger partial charge in [0.25, 0.3) is 0 Å². The first-order chi connectivity index (χ1) is 6.08. The van der Waals surface area contributed by atoms with E-state index in [1.165, 1.54) is 0 Å². The van der Waals surface area contributed by atoms with E-state index >= 15 is 0 Å². The van der Waals surface area contributed by atoms with E-state index in [1.54, 1.807) is 0 Å². The van der Waals surface area contributed by atoms with Crippen molar-refractivity contribution in [2.45, 2.75) is 18.6 Å². The summed E-state index contributed by atoms with van der Waals surface area (Å²) in [6, 6.07) is 0. The highest BCUT2D eigenvalue weighted by Gasteiger charge is 2.29. The molecule has 0 bridgehead atoms. The Morgan fingerprint density at radius 1 is 1.31 bits per heavy atom. The van der Waals surface area contributed by atoms with Crippen LogP contribution in [0.15, 0.2) is 0 Å². The molecule has 0 amide bonds. The van der Waals surface area contributed by atoms with Crippen molar-refractivity contribution in [2.24, 2.45) is 23.4 Å². The second kappa shape index (κ2) is 5.80. The summed E-state index contributed by atoms with van der Waals surface area (Å²) in [6.07, 6.45) is -0.127. The molecule has 0 aromatic rings. The van der Waals surface area contributed by atoms with Crippen LogP contribution in [0.2, 0.25) is 0 Å². The van der Waals surface area contributed by atoms with Gasteiger partial charge in [-0.3, -0.25) is 9.63 Å². The fourth-order valence-corrected chi connectivity index (χ4v) is 0.707. The van der Waals surface area contributed by atoms with Crippen LogP contribution in [0.4, 0.5) is 0 Å². The fourth-order valence-electron chi connectivity index (χ4n) is 0.707. The van der Waals surface area contributed by atoms with Crippen molar-refractivity contribution >= 4 is 5.97 Å². The van der Waals surface area contributed by atoms with Gasteiger partial charge in [-0.05, 0) is 0 Å². The molecule has 0 radical (unpaired) electrons. The molecule has 0 aliphatic carbocycles. The van der Waals surface area contributed by atoms with E-state index in [-0.39, 0.29) is 19.4 Å². The first-order valence-electron chi connectivity index (χ1n) is 3.46. The average Bonchev–Trinajstić information content (AvgIpc) is 2.14. The Morgan fingerprint density at radius 2 is 1.92 bits per heavy atom. The number of carbonyl (C=O) groups excluding carboxylic acids is 1. The van der Waals surface area contributed by atoms with Crippen molar-refractivity contribution in [3.8, 4) is 0 Å². The molecule has 0 heterocycles. The van der Waals surface area contributed by atoms with E-state index in [0.29, 0.717) is 0 Å². The lowest BCUT2D eigenvalue weighted by Gasteiger charge is -2.24. The third-order valence-electron chi connectivity index (χ3n) is 1.45. The highest BCUT2D eigenvalue weighted by atomic mass is 16.7. The zero-order chi connectivity index (χ0) is 10.3. The van der Waals surface area contributed by atoms with Crippen molar-refractivity contribution in [1.29, 1.82) is 0 Å². The third kappa shape index (κ3) is 4.72. The lowest BCUT2D eigenvalue weighted by molar-refractivity contribution is -0.154. The van der Waals surface area contributed by atoms with Crippen molar-refractivity contribution in [2.75, 3.05) is 6.61 Å². The third-order valence-corrected chi connectivity index (χ3v) is 1.45. The fraction of sp³-hybridized carbons (Fsp3) is 0.800. The molecule has 0 aliphatic heterocycles. The van der Waals surface area contributed by atoms with Gasteiger partial charge in [0, 0.05) is 6.42 Å². The van der Waals surface area contributed by atoms with Crippen LogP contribution >= 0.6 is 0 Å². The SMILES string of the molecule is NOCCC(N)(CC(=O)ON)ON. The van der Waals surface area contributed by atoms with Gasteiger partial charge in [-0.25, -0.2) is 11.8 Å². The maximum atomic E-state index is 10.7. The predicted octanol–water partition coefficient (Wildman–Crippen LogP) is -2.38. The molecule has 0 spiro atoms. The van der Waals surface area contributed by atoms with Crippen LogP contribution in [0.1, 0.15) is 12.8 Å². The molecule has 1 atom stereocenters. The monoisotopic (exact) mass is 194 g/mol. The smallest absolute Gasteiger partial charge is 0.328 e. The maximum Gasteiger partial charge on any atom is 0.328 e. The molecule has 8 heteroatoms. The first kappa shape index (κ1) is 12.2. The molecule has 8 N–H and O–H groups in total. The minimum atomic E-state index is -1.37. The zero-order valence-electron chi connectivity index (χ0n) is 7.06. The Bertz CT molecular complexity index is 167. The number of hydrogen-bond acceptors (Lipinski definition) is 8. The van der Waals surface area contributed by atoms with E-state index in [2.05, 4.69) is 20.4 Å². The van der Waals surface area contributed by atoms with Gasteiger partial charge in [-0.15, -0.1) is 0 Å². The standard InChI is InChI=1S/C5H14N4O4/c6-5(13-9,1-2-11-7)3-4(10)12-8/h1-3,6-9H2. The van der Waals surface area contributed by atoms with Gasteiger partial charge < -0.3 is 15.4 Å². The molecule has 0 fully saturated rings. The minimum Gasteiger partial charge on any atom is -0.373 e. The Hall–Kier alpha value is -0.770. The van der Waals surface area contributed by atoms with E-state index in [1.807, 2.05) is 0 Å². The summed E-state index contributed by atoms with van der Waals surface area (Å²) in [6.45, 7) is 0.103. The van der Waals surface area contributed by atoms with Crippen LogP contribution in [-0.2, 0) is 19.3 Å². The second-order valence-electron chi connectivity index (χ2n) is 2.47. The van der Waals surface area contributed by atoms with Gasteiger partial charge in [0.1, 0.15) is 5.72 Å². The molecular weight excluding hydrogens is 180 g/mol. The lowest BCUT2D eigenvalue weighted by Crippen LogP contribution is -2.48. The van der Waals surface area contributed by atoms with Crippen LogP contribution in [-0.4, -0.2) is 18.3 Å². The van der Waals surface area contributed by atoms with Gasteiger partial charge >= 0.3 is 5.97 Å². The Balaban J connectivity index is 4.02. The Kier molecular flexibility index (Phi) is 5.46. The van der Waals surface area contributed by atoms with Gasteiger partial charge in [-0.1, -0.05) is 0 Å². The molecule has 0 rings (SSSR count). The normalized spacial score (nSPS) is 15.1. The van der Waals surface area contributed by atoms with Crippen molar-refractivity contribution in [3.05, 3.63) is 0 Å². The zero-order valence-corrected chi connectivity index (χ0v) is 7.06. The van der Waals surface area contributed by atoms with E-state index in [9.17, 15) is 4.79 Å². The average molecular weight is 194 g/mol. The predicted molar refractivity (Wildman–Crippen MR) is 41.8 cm³/mol. The maximum absolute atomic E-state index is 10.7. The molecule has 0 aromatic carbocycles. The number of rotatable bonds is 6. The first-order valence-corrected chi connectivity index (χ1v) is 3.46. The van der Waals surface area contributed by atoms with Crippen molar-refractivity contribution < 1.29 is 19.3 Å². The number of hydrogen-bond donors (Lipinski definition) is 4. The van der Waals surface area contributed by atoms with Gasteiger partial charge in [0.15, 0.2) is 0 Å². The highest BCUT2D eigenvalue weighted by Crippen LogP contribution is 2.11. The van der Waals surface area contributed by atoms with Crippen LogP contribution in [0, 0.1) is 0 Å². The number of nitrogens with two attached hydrogens (primary N) is 4. The van der Waals surface area contributed by atoms with Crippen molar-refractivity contribution in [1.82, 2.24) is 0 Å². The van der Waals surface area contributed by atoms with Crippen LogP contribution < -0.4 is 23.4 Å². The largest absolute Gasteiger partial charge is 0.373 e. The topological polar surface area (TPSA) is 149 Å². The molecule has 0 aliphatic rings. The molecule has 78 valence electrons. The summed E-state index contributed by atoms with van der Waals surface area (Å²) >= 11 is 0. The molecule has 1 unspecified atom stereocenters. The summed E-state index contributed by atoms with van der Waals surface area (Å²) in [5.74, 6) is 13.5. The lowest BCUT2D eigenvalue weighted by atomic mass is 10.1.